The highest BCUT2D eigenvalue weighted by Gasteiger charge is 2.31. The lowest BCUT2D eigenvalue weighted by atomic mass is 10.1. The summed E-state index contributed by atoms with van der Waals surface area (Å²) in [5.74, 6) is -1.77. The molecule has 1 aromatic heterocycles. The van der Waals surface area contributed by atoms with E-state index in [9.17, 15) is 32.3 Å². The molecule has 1 amide bonds. The van der Waals surface area contributed by atoms with E-state index in [0.717, 1.165) is 6.07 Å². The lowest BCUT2D eigenvalue weighted by molar-refractivity contribution is -0.137. The summed E-state index contributed by atoms with van der Waals surface area (Å²) in [6.07, 6.45) is -3.65. The summed E-state index contributed by atoms with van der Waals surface area (Å²) in [5, 5.41) is 12.6. The number of aliphatic hydroxyl groups excluding tert-OH is 1. The molecule has 2 N–H and O–H groups in total. The van der Waals surface area contributed by atoms with Crippen molar-refractivity contribution in [2.45, 2.75) is 25.6 Å². The van der Waals surface area contributed by atoms with Gasteiger partial charge < -0.3 is 15.0 Å². The minimum absolute atomic E-state index is 0.181. The summed E-state index contributed by atoms with van der Waals surface area (Å²) < 4.78 is 53.3. The molecule has 0 aliphatic rings. The number of pyridine rings is 1. The fourth-order valence-electron chi connectivity index (χ4n) is 3.07. The number of carbonyl (C=O) groups excluding carboxylic acids is 1. The lowest BCUT2D eigenvalue weighted by Crippen LogP contribution is -2.25. The van der Waals surface area contributed by atoms with Crippen molar-refractivity contribution in [3.8, 4) is 0 Å². The van der Waals surface area contributed by atoms with Crippen LogP contribution >= 0.6 is 0 Å². The Hall–Kier alpha value is -3.20. The number of hydrogen-bond acceptors (Lipinski definition) is 3. The zero-order chi connectivity index (χ0) is 22.1. The Bertz CT molecular complexity index is 1160. The molecule has 0 radical (unpaired) electrons. The van der Waals surface area contributed by atoms with E-state index in [4.69, 9.17) is 0 Å². The van der Waals surface area contributed by atoms with Gasteiger partial charge in [-0.25, -0.2) is 4.39 Å². The molecule has 0 unspecified atom stereocenters. The molecule has 3 aromatic rings. The van der Waals surface area contributed by atoms with Crippen LogP contribution in [0.5, 0.6) is 0 Å². The van der Waals surface area contributed by atoms with Crippen molar-refractivity contribution in [2.24, 2.45) is 0 Å². The monoisotopic (exact) mass is 422 g/mol. The van der Waals surface area contributed by atoms with Gasteiger partial charge in [-0.2, -0.15) is 13.2 Å². The van der Waals surface area contributed by atoms with Crippen LogP contribution in [0.4, 0.5) is 23.2 Å². The smallest absolute Gasteiger partial charge is 0.394 e. The van der Waals surface area contributed by atoms with E-state index in [1.807, 2.05) is 0 Å². The number of benzene rings is 2. The third-order valence-corrected chi connectivity index (χ3v) is 4.72. The first kappa shape index (κ1) is 21.5. The number of carbonyl (C=O) groups is 1. The predicted molar refractivity (Wildman–Crippen MR) is 104 cm³/mol. The first-order valence-corrected chi connectivity index (χ1v) is 9.02. The Morgan fingerprint density at radius 1 is 1.17 bits per heavy atom. The number of nitrogens with zero attached hydrogens (tertiary/aromatic N) is 1. The molecule has 3 rings (SSSR count). The summed E-state index contributed by atoms with van der Waals surface area (Å²) in [6, 6.07) is 7.87. The first-order valence-electron chi connectivity index (χ1n) is 9.02. The molecule has 0 aliphatic carbocycles. The van der Waals surface area contributed by atoms with Crippen molar-refractivity contribution in [1.82, 2.24) is 4.57 Å². The Balaban J connectivity index is 1.85. The van der Waals surface area contributed by atoms with Crippen LogP contribution in [-0.4, -0.2) is 22.2 Å². The Morgan fingerprint density at radius 3 is 2.53 bits per heavy atom. The molecule has 1 atom stereocenters. The molecule has 0 bridgehead atoms. The molecule has 30 heavy (non-hydrogen) atoms. The number of amides is 1. The Labute approximate surface area is 168 Å². The van der Waals surface area contributed by atoms with Gasteiger partial charge in [0.15, 0.2) is 0 Å². The highest BCUT2D eigenvalue weighted by atomic mass is 19.4. The predicted octanol–water partition coefficient (Wildman–Crippen LogP) is 3.89. The van der Waals surface area contributed by atoms with E-state index in [2.05, 4.69) is 5.32 Å². The van der Waals surface area contributed by atoms with Crippen molar-refractivity contribution in [3.05, 3.63) is 76.0 Å². The van der Waals surface area contributed by atoms with E-state index in [0.29, 0.717) is 28.6 Å². The van der Waals surface area contributed by atoms with E-state index >= 15 is 0 Å². The van der Waals surface area contributed by atoms with Gasteiger partial charge in [-0.1, -0.05) is 12.1 Å². The minimum Gasteiger partial charge on any atom is -0.394 e. The normalized spacial score (nSPS) is 12.7. The van der Waals surface area contributed by atoms with E-state index in [1.54, 1.807) is 31.2 Å². The van der Waals surface area contributed by atoms with E-state index in [1.165, 1.54) is 10.8 Å². The maximum absolute atomic E-state index is 14.0. The SMILES string of the molecule is C[C@H](CO)n1ccc2c(NC(=O)Cc3ccc(C(F)(F)F)cc3F)cccc2c1=O. The van der Waals surface area contributed by atoms with Crippen LogP contribution in [0, 0.1) is 5.82 Å². The number of rotatable bonds is 5. The molecule has 2 aromatic carbocycles. The Kier molecular flexibility index (Phi) is 5.93. The average molecular weight is 422 g/mol. The molecular formula is C21H18F4N2O3. The summed E-state index contributed by atoms with van der Waals surface area (Å²) in [4.78, 5) is 25.0. The van der Waals surface area contributed by atoms with Gasteiger partial charge >= 0.3 is 6.18 Å². The quantitative estimate of drug-likeness (QED) is 0.613. The second-order valence-corrected chi connectivity index (χ2v) is 6.86. The largest absolute Gasteiger partial charge is 0.416 e. The van der Waals surface area contributed by atoms with Crippen LogP contribution in [-0.2, 0) is 17.4 Å². The first-order chi connectivity index (χ1) is 14.1. The molecule has 0 saturated carbocycles. The number of fused-ring (bicyclic) bond motifs is 1. The highest BCUT2D eigenvalue weighted by Crippen LogP contribution is 2.30. The fraction of sp³-hybridized carbons (Fsp3) is 0.238. The molecular weight excluding hydrogens is 404 g/mol. The summed E-state index contributed by atoms with van der Waals surface area (Å²) in [5.41, 5.74) is -1.35. The van der Waals surface area contributed by atoms with Crippen LogP contribution in [0.3, 0.4) is 0 Å². The van der Waals surface area contributed by atoms with Crippen molar-refractivity contribution >= 4 is 22.4 Å². The van der Waals surface area contributed by atoms with Gasteiger partial charge in [0.2, 0.25) is 5.91 Å². The zero-order valence-corrected chi connectivity index (χ0v) is 15.8. The van der Waals surface area contributed by atoms with Crippen LogP contribution in [0.2, 0.25) is 0 Å². The second-order valence-electron chi connectivity index (χ2n) is 6.86. The maximum Gasteiger partial charge on any atom is 0.416 e. The van der Waals surface area contributed by atoms with Crippen LogP contribution in [0.25, 0.3) is 10.8 Å². The number of alkyl halides is 3. The van der Waals surface area contributed by atoms with Gasteiger partial charge in [0.05, 0.1) is 24.6 Å². The van der Waals surface area contributed by atoms with Crippen molar-refractivity contribution in [1.29, 1.82) is 0 Å². The molecule has 0 fully saturated rings. The van der Waals surface area contributed by atoms with Gasteiger partial charge in [0.1, 0.15) is 5.82 Å². The van der Waals surface area contributed by atoms with Crippen LogP contribution in [0.1, 0.15) is 24.1 Å². The van der Waals surface area contributed by atoms with Crippen molar-refractivity contribution in [2.75, 3.05) is 11.9 Å². The molecule has 0 aliphatic heterocycles. The molecule has 5 nitrogen and oxygen atoms in total. The second kappa shape index (κ2) is 8.27. The molecule has 9 heteroatoms. The zero-order valence-electron chi connectivity index (χ0n) is 15.8. The van der Waals surface area contributed by atoms with Gasteiger partial charge in [-0.15, -0.1) is 0 Å². The molecule has 0 spiro atoms. The molecule has 158 valence electrons. The fourth-order valence-corrected chi connectivity index (χ4v) is 3.07. The number of aromatic nitrogens is 1. The van der Waals surface area contributed by atoms with Crippen molar-refractivity contribution < 1.29 is 27.5 Å². The number of halogens is 4. The van der Waals surface area contributed by atoms with Gasteiger partial charge in [-0.3, -0.25) is 9.59 Å². The number of anilines is 1. The van der Waals surface area contributed by atoms with Gasteiger partial charge in [0.25, 0.3) is 5.56 Å². The Morgan fingerprint density at radius 2 is 1.90 bits per heavy atom. The minimum atomic E-state index is -4.68. The van der Waals surface area contributed by atoms with E-state index < -0.39 is 35.9 Å². The summed E-state index contributed by atoms with van der Waals surface area (Å²) in [6.45, 7) is 1.46. The molecule has 1 heterocycles. The highest BCUT2D eigenvalue weighted by molar-refractivity contribution is 6.02. The number of nitrogens with one attached hydrogen (secondary N) is 1. The lowest BCUT2D eigenvalue weighted by Gasteiger charge is -2.15. The maximum atomic E-state index is 14.0. The van der Waals surface area contributed by atoms with Crippen molar-refractivity contribution in [3.63, 3.8) is 0 Å². The summed E-state index contributed by atoms with van der Waals surface area (Å²) >= 11 is 0. The van der Waals surface area contributed by atoms with Crippen LogP contribution < -0.4 is 10.9 Å². The summed E-state index contributed by atoms with van der Waals surface area (Å²) in [7, 11) is 0. The topological polar surface area (TPSA) is 71.3 Å². The molecule has 0 saturated heterocycles. The number of aliphatic hydroxyl groups is 1. The van der Waals surface area contributed by atoms with Gasteiger partial charge in [0, 0.05) is 22.7 Å². The average Bonchev–Trinajstić information content (AvgIpc) is 2.69. The van der Waals surface area contributed by atoms with E-state index in [-0.39, 0.29) is 17.7 Å². The third-order valence-electron chi connectivity index (χ3n) is 4.72. The number of hydrogen-bond donors (Lipinski definition) is 2. The van der Waals surface area contributed by atoms with Gasteiger partial charge in [-0.05, 0) is 42.8 Å². The third kappa shape index (κ3) is 4.35. The standard InChI is InChI=1S/C21H18F4N2O3/c1-12(11-28)27-8-7-15-16(20(27)30)3-2-4-18(15)26-19(29)9-13-5-6-14(10-17(13)22)21(23,24)25/h2-8,10,12,28H,9,11H2,1H3,(H,26,29)/t12-/m1/s1. The van der Waals surface area contributed by atoms with Crippen LogP contribution in [0.15, 0.2) is 53.5 Å².